The number of amides is 2. The van der Waals surface area contributed by atoms with Gasteiger partial charge in [0, 0.05) is 29.5 Å². The molecule has 1 aromatic carbocycles. The number of hydrogen-bond acceptors (Lipinski definition) is 3. The van der Waals surface area contributed by atoms with Gasteiger partial charge in [-0.05, 0) is 25.1 Å². The normalized spacial score (nSPS) is 17.4. The van der Waals surface area contributed by atoms with Crippen LogP contribution in [0.3, 0.4) is 0 Å². The van der Waals surface area contributed by atoms with Crippen molar-refractivity contribution in [2.75, 3.05) is 12.4 Å². The number of hydrogen-bond donors (Lipinski definition) is 2. The second-order valence-corrected chi connectivity index (χ2v) is 4.10. The van der Waals surface area contributed by atoms with Gasteiger partial charge in [0.05, 0.1) is 6.10 Å². The lowest BCUT2D eigenvalue weighted by molar-refractivity contribution is -0.110. The third-order valence-electron chi connectivity index (χ3n) is 2.86. The molecular formula is C13H14N2O3. The van der Waals surface area contributed by atoms with E-state index in [9.17, 15) is 9.59 Å². The predicted octanol–water partition coefficient (Wildman–Crippen LogP) is 1.16. The summed E-state index contributed by atoms with van der Waals surface area (Å²) >= 11 is 0. The Morgan fingerprint density at radius 3 is 2.83 bits per heavy atom. The third kappa shape index (κ3) is 2.12. The van der Waals surface area contributed by atoms with E-state index in [1.54, 1.807) is 31.4 Å². The Kier molecular flexibility index (Phi) is 3.16. The highest BCUT2D eigenvalue weighted by molar-refractivity contribution is 6.31. The molecule has 0 spiro atoms. The van der Waals surface area contributed by atoms with Crippen molar-refractivity contribution in [1.82, 2.24) is 0 Å². The summed E-state index contributed by atoms with van der Waals surface area (Å²) in [4.78, 5) is 22.9. The van der Waals surface area contributed by atoms with Crippen LogP contribution in [0.5, 0.6) is 0 Å². The summed E-state index contributed by atoms with van der Waals surface area (Å²) in [5, 5.41) is 2.70. The number of carbonyl (C=O) groups is 2. The SMILES string of the molecule is COC(C)C=C1C(=O)Nc2cc(C(N)=O)ccc21. The summed E-state index contributed by atoms with van der Waals surface area (Å²) in [5.74, 6) is -0.717. The zero-order chi connectivity index (χ0) is 13.3. The van der Waals surface area contributed by atoms with Crippen LogP contribution in [0.25, 0.3) is 5.57 Å². The number of anilines is 1. The van der Waals surface area contributed by atoms with Crippen LogP contribution in [0.15, 0.2) is 24.3 Å². The van der Waals surface area contributed by atoms with Crippen LogP contribution in [-0.2, 0) is 9.53 Å². The van der Waals surface area contributed by atoms with Crippen LogP contribution < -0.4 is 11.1 Å². The smallest absolute Gasteiger partial charge is 0.256 e. The summed E-state index contributed by atoms with van der Waals surface area (Å²) in [6.07, 6.45) is 1.58. The van der Waals surface area contributed by atoms with Gasteiger partial charge in [0.15, 0.2) is 0 Å². The average molecular weight is 246 g/mol. The van der Waals surface area contributed by atoms with E-state index in [1.165, 1.54) is 0 Å². The van der Waals surface area contributed by atoms with Gasteiger partial charge in [0.1, 0.15) is 0 Å². The Hall–Kier alpha value is -2.14. The first-order chi connectivity index (χ1) is 8.52. The first-order valence-electron chi connectivity index (χ1n) is 5.53. The van der Waals surface area contributed by atoms with E-state index in [-0.39, 0.29) is 12.0 Å². The fourth-order valence-corrected chi connectivity index (χ4v) is 1.82. The first kappa shape index (κ1) is 12.3. The van der Waals surface area contributed by atoms with Crippen LogP contribution in [-0.4, -0.2) is 25.0 Å². The number of rotatable bonds is 3. The number of ether oxygens (including phenoxy) is 1. The van der Waals surface area contributed by atoms with Crippen LogP contribution in [0, 0.1) is 0 Å². The molecule has 0 radical (unpaired) electrons. The number of carbonyl (C=O) groups excluding carboxylic acids is 2. The minimum Gasteiger partial charge on any atom is -0.378 e. The Bertz CT molecular complexity index is 549. The fraction of sp³-hybridized carbons (Fsp3) is 0.231. The monoisotopic (exact) mass is 246 g/mol. The summed E-state index contributed by atoms with van der Waals surface area (Å²) in [5.41, 5.74) is 7.48. The van der Waals surface area contributed by atoms with E-state index in [0.717, 1.165) is 5.56 Å². The minimum atomic E-state index is -0.519. The van der Waals surface area contributed by atoms with Crippen molar-refractivity contribution in [2.45, 2.75) is 13.0 Å². The van der Waals surface area contributed by atoms with Gasteiger partial charge in [-0.15, -0.1) is 0 Å². The Balaban J connectivity index is 2.44. The lowest BCUT2D eigenvalue weighted by Crippen LogP contribution is -2.11. The van der Waals surface area contributed by atoms with Gasteiger partial charge in [-0.3, -0.25) is 9.59 Å². The van der Waals surface area contributed by atoms with E-state index >= 15 is 0 Å². The number of primary amides is 1. The molecule has 1 aliphatic rings. The highest BCUT2D eigenvalue weighted by Crippen LogP contribution is 2.32. The van der Waals surface area contributed by atoms with Crippen molar-refractivity contribution in [2.24, 2.45) is 5.73 Å². The zero-order valence-corrected chi connectivity index (χ0v) is 10.2. The highest BCUT2D eigenvalue weighted by Gasteiger charge is 2.25. The highest BCUT2D eigenvalue weighted by atomic mass is 16.5. The molecule has 2 amide bonds. The Labute approximate surface area is 105 Å². The van der Waals surface area contributed by atoms with Crippen molar-refractivity contribution >= 4 is 23.1 Å². The van der Waals surface area contributed by atoms with Gasteiger partial charge in [-0.1, -0.05) is 6.07 Å². The molecule has 3 N–H and O–H groups in total. The third-order valence-corrected chi connectivity index (χ3v) is 2.86. The van der Waals surface area contributed by atoms with Crippen molar-refractivity contribution < 1.29 is 14.3 Å². The largest absolute Gasteiger partial charge is 0.378 e. The van der Waals surface area contributed by atoms with Crippen LogP contribution in [0.4, 0.5) is 5.69 Å². The van der Waals surface area contributed by atoms with Gasteiger partial charge in [0.25, 0.3) is 5.91 Å². The summed E-state index contributed by atoms with van der Waals surface area (Å²) in [6.45, 7) is 1.84. The van der Waals surface area contributed by atoms with Gasteiger partial charge in [-0.2, -0.15) is 0 Å². The molecule has 1 aromatic rings. The Morgan fingerprint density at radius 1 is 1.50 bits per heavy atom. The second-order valence-electron chi connectivity index (χ2n) is 4.10. The zero-order valence-electron chi connectivity index (χ0n) is 10.2. The topological polar surface area (TPSA) is 81.4 Å². The molecule has 1 aliphatic heterocycles. The molecule has 2 rings (SSSR count). The first-order valence-corrected chi connectivity index (χ1v) is 5.53. The minimum absolute atomic E-state index is 0.160. The number of fused-ring (bicyclic) bond motifs is 1. The van der Waals surface area contributed by atoms with Gasteiger partial charge in [-0.25, -0.2) is 0 Å². The van der Waals surface area contributed by atoms with E-state index < -0.39 is 5.91 Å². The maximum atomic E-state index is 11.8. The molecule has 0 fully saturated rings. The van der Waals surface area contributed by atoms with Gasteiger partial charge >= 0.3 is 0 Å². The van der Waals surface area contributed by atoms with Crippen LogP contribution in [0.2, 0.25) is 0 Å². The quantitative estimate of drug-likeness (QED) is 0.785. The summed E-state index contributed by atoms with van der Waals surface area (Å²) < 4.78 is 5.11. The van der Waals surface area contributed by atoms with Gasteiger partial charge in [0.2, 0.25) is 5.91 Å². The molecule has 1 atom stereocenters. The number of nitrogens with one attached hydrogen (secondary N) is 1. The molecule has 5 heteroatoms. The molecule has 1 unspecified atom stereocenters. The predicted molar refractivity (Wildman–Crippen MR) is 68.0 cm³/mol. The molecule has 0 bridgehead atoms. The lowest BCUT2D eigenvalue weighted by Gasteiger charge is -2.04. The van der Waals surface area contributed by atoms with E-state index in [0.29, 0.717) is 16.8 Å². The Morgan fingerprint density at radius 2 is 2.22 bits per heavy atom. The maximum absolute atomic E-state index is 11.8. The van der Waals surface area contributed by atoms with Crippen molar-refractivity contribution in [3.63, 3.8) is 0 Å². The van der Waals surface area contributed by atoms with Gasteiger partial charge < -0.3 is 15.8 Å². The fourth-order valence-electron chi connectivity index (χ4n) is 1.82. The van der Waals surface area contributed by atoms with E-state index in [4.69, 9.17) is 10.5 Å². The number of methoxy groups -OCH3 is 1. The number of benzene rings is 1. The molecule has 18 heavy (non-hydrogen) atoms. The lowest BCUT2D eigenvalue weighted by atomic mass is 10.0. The van der Waals surface area contributed by atoms with Crippen molar-refractivity contribution in [1.29, 1.82) is 0 Å². The summed E-state index contributed by atoms with van der Waals surface area (Å²) in [7, 11) is 1.58. The standard InChI is InChI=1S/C13H14N2O3/c1-7(18-2)5-10-9-4-3-8(12(14)16)6-11(9)15-13(10)17/h3-7H,1-2H3,(H2,14,16)(H,15,17). The van der Waals surface area contributed by atoms with E-state index in [1.807, 2.05) is 6.92 Å². The van der Waals surface area contributed by atoms with Crippen LogP contribution in [0.1, 0.15) is 22.8 Å². The van der Waals surface area contributed by atoms with Crippen molar-refractivity contribution in [3.05, 3.63) is 35.4 Å². The summed E-state index contributed by atoms with van der Waals surface area (Å²) in [6, 6.07) is 4.89. The average Bonchev–Trinajstić information content (AvgIpc) is 2.64. The second kappa shape index (κ2) is 4.62. The maximum Gasteiger partial charge on any atom is 0.256 e. The molecular weight excluding hydrogens is 232 g/mol. The molecule has 5 nitrogen and oxygen atoms in total. The van der Waals surface area contributed by atoms with Crippen LogP contribution >= 0.6 is 0 Å². The number of nitrogens with two attached hydrogens (primary N) is 1. The molecule has 0 aliphatic carbocycles. The molecule has 94 valence electrons. The van der Waals surface area contributed by atoms with Crippen molar-refractivity contribution in [3.8, 4) is 0 Å². The molecule has 0 aromatic heterocycles. The molecule has 0 saturated heterocycles. The van der Waals surface area contributed by atoms with E-state index in [2.05, 4.69) is 5.32 Å². The molecule has 1 heterocycles. The molecule has 0 saturated carbocycles.